The molecule has 0 bridgehead atoms. The van der Waals surface area contributed by atoms with Gasteiger partial charge in [-0.05, 0) is 22.8 Å². The third-order valence-corrected chi connectivity index (χ3v) is 2.66. The molecule has 0 fully saturated rings. The first-order chi connectivity index (χ1) is 7.66. The van der Waals surface area contributed by atoms with Gasteiger partial charge in [0.05, 0.1) is 0 Å². The van der Waals surface area contributed by atoms with Gasteiger partial charge >= 0.3 is 0 Å². The van der Waals surface area contributed by atoms with Crippen LogP contribution in [0.5, 0.6) is 0 Å². The Morgan fingerprint density at radius 1 is 0.824 bits per heavy atom. The molecule has 0 aliphatic carbocycles. The van der Waals surface area contributed by atoms with E-state index in [9.17, 15) is 0 Å². The van der Waals surface area contributed by atoms with Gasteiger partial charge < -0.3 is 0 Å². The molecular formula is C16H26B. The highest BCUT2D eigenvalue weighted by molar-refractivity contribution is 6.53. The van der Waals surface area contributed by atoms with Crippen LogP contribution in [0.4, 0.5) is 0 Å². The van der Waals surface area contributed by atoms with Gasteiger partial charge in [0, 0.05) is 0 Å². The molecule has 1 rings (SSSR count). The van der Waals surface area contributed by atoms with Gasteiger partial charge in [0.25, 0.3) is 0 Å². The first kappa shape index (κ1) is 14.3. The summed E-state index contributed by atoms with van der Waals surface area (Å²) in [4.78, 5) is 0. The zero-order valence-electron chi connectivity index (χ0n) is 12.3. The van der Waals surface area contributed by atoms with Crippen LogP contribution in [0, 0.1) is 10.8 Å². The number of hydrogen-bond donors (Lipinski definition) is 0. The minimum absolute atomic E-state index is 0.372. The molecule has 0 atom stereocenters. The van der Waals surface area contributed by atoms with E-state index < -0.39 is 0 Å². The van der Waals surface area contributed by atoms with E-state index in [2.05, 4.69) is 73.1 Å². The summed E-state index contributed by atoms with van der Waals surface area (Å²) in [6.45, 7) is 13.7. The Labute approximate surface area is 108 Å². The monoisotopic (exact) mass is 229 g/mol. The Hall–Kier alpha value is -0.715. The van der Waals surface area contributed by atoms with E-state index in [0.29, 0.717) is 10.8 Å². The van der Waals surface area contributed by atoms with Crippen LogP contribution in [0.2, 0.25) is 6.32 Å². The third-order valence-electron chi connectivity index (χ3n) is 2.66. The van der Waals surface area contributed by atoms with E-state index in [1.807, 2.05) is 0 Å². The first-order valence-corrected chi connectivity index (χ1v) is 6.58. The van der Waals surface area contributed by atoms with Gasteiger partial charge in [0.2, 0.25) is 0 Å². The van der Waals surface area contributed by atoms with Crippen LogP contribution in [0.25, 0.3) is 0 Å². The number of rotatable bonds is 3. The van der Waals surface area contributed by atoms with Crippen molar-refractivity contribution in [3.63, 3.8) is 0 Å². The predicted octanol–water partition coefficient (Wildman–Crippen LogP) is 4.07. The summed E-state index contributed by atoms with van der Waals surface area (Å²) in [6, 6.07) is 9.01. The molecule has 0 amide bonds. The fourth-order valence-corrected chi connectivity index (χ4v) is 1.81. The second-order valence-electron chi connectivity index (χ2n) is 7.45. The smallest absolute Gasteiger partial charge is 0.0878 e. The van der Waals surface area contributed by atoms with Crippen molar-refractivity contribution in [1.82, 2.24) is 0 Å². The highest BCUT2D eigenvalue weighted by Gasteiger charge is 2.12. The van der Waals surface area contributed by atoms with Gasteiger partial charge in [0.1, 0.15) is 0 Å². The fraction of sp³-hybridized carbons (Fsp3) is 0.625. The second kappa shape index (κ2) is 5.29. The van der Waals surface area contributed by atoms with Crippen molar-refractivity contribution in [2.45, 2.75) is 54.3 Å². The Morgan fingerprint density at radius 3 is 1.76 bits per heavy atom. The molecule has 1 radical (unpaired) electrons. The van der Waals surface area contributed by atoms with Crippen LogP contribution in [0.15, 0.2) is 24.3 Å². The van der Waals surface area contributed by atoms with Crippen molar-refractivity contribution >= 4 is 12.7 Å². The van der Waals surface area contributed by atoms with Crippen molar-refractivity contribution in [1.29, 1.82) is 0 Å². The van der Waals surface area contributed by atoms with Crippen molar-refractivity contribution < 1.29 is 0 Å². The van der Waals surface area contributed by atoms with Gasteiger partial charge in [-0.15, -0.1) is 0 Å². The Bertz CT molecular complexity index is 335. The summed E-state index contributed by atoms with van der Waals surface area (Å²) in [5, 5.41) is 0. The van der Waals surface area contributed by atoms with Gasteiger partial charge in [-0.25, -0.2) is 0 Å². The molecule has 1 aromatic rings. The molecular weight excluding hydrogens is 203 g/mol. The maximum Gasteiger partial charge on any atom is 0.152 e. The van der Waals surface area contributed by atoms with E-state index >= 15 is 0 Å². The lowest BCUT2D eigenvalue weighted by Crippen LogP contribution is -2.20. The summed E-state index contributed by atoms with van der Waals surface area (Å²) in [6.07, 6.45) is 2.28. The third kappa shape index (κ3) is 6.56. The van der Waals surface area contributed by atoms with Crippen molar-refractivity contribution in [2.24, 2.45) is 10.8 Å². The van der Waals surface area contributed by atoms with Crippen LogP contribution >= 0.6 is 0 Å². The summed E-state index contributed by atoms with van der Waals surface area (Å²) >= 11 is 0. The fourth-order valence-electron chi connectivity index (χ4n) is 1.81. The Balaban J connectivity index is 2.56. The molecule has 1 heteroatoms. The second-order valence-corrected chi connectivity index (χ2v) is 7.45. The largest absolute Gasteiger partial charge is 0.152 e. The van der Waals surface area contributed by atoms with Crippen LogP contribution in [-0.4, -0.2) is 7.28 Å². The molecule has 0 saturated heterocycles. The molecule has 93 valence electrons. The summed E-state index contributed by atoms with van der Waals surface area (Å²) in [5.74, 6) is 0. The highest BCUT2D eigenvalue weighted by atomic mass is 14.2. The lowest BCUT2D eigenvalue weighted by atomic mass is 9.60. The van der Waals surface area contributed by atoms with Crippen molar-refractivity contribution in [3.05, 3.63) is 29.8 Å². The molecule has 0 saturated carbocycles. The van der Waals surface area contributed by atoms with Gasteiger partial charge in [-0.1, -0.05) is 77.6 Å². The van der Waals surface area contributed by atoms with Crippen molar-refractivity contribution in [2.75, 3.05) is 0 Å². The van der Waals surface area contributed by atoms with Gasteiger partial charge in [-0.3, -0.25) is 0 Å². The lowest BCUT2D eigenvalue weighted by molar-refractivity contribution is 0.411. The normalized spacial score (nSPS) is 12.6. The van der Waals surface area contributed by atoms with Gasteiger partial charge in [0.15, 0.2) is 7.28 Å². The maximum absolute atomic E-state index is 2.33. The number of hydrogen-bond acceptors (Lipinski definition) is 0. The molecule has 0 aliphatic rings. The maximum atomic E-state index is 2.33. The Morgan fingerprint density at radius 2 is 1.35 bits per heavy atom. The summed E-state index contributed by atoms with van der Waals surface area (Å²) in [5.41, 5.74) is 3.53. The van der Waals surface area contributed by atoms with E-state index in [1.54, 1.807) is 0 Å². The summed E-state index contributed by atoms with van der Waals surface area (Å²) in [7, 11) is 2.33. The first-order valence-electron chi connectivity index (χ1n) is 6.58. The van der Waals surface area contributed by atoms with Crippen LogP contribution < -0.4 is 5.46 Å². The summed E-state index contributed by atoms with van der Waals surface area (Å²) < 4.78 is 0. The zero-order chi connectivity index (χ0) is 13.1. The van der Waals surface area contributed by atoms with E-state index in [1.165, 1.54) is 11.0 Å². The Kier molecular flexibility index (Phi) is 4.46. The van der Waals surface area contributed by atoms with E-state index in [4.69, 9.17) is 0 Å². The van der Waals surface area contributed by atoms with Crippen molar-refractivity contribution in [3.8, 4) is 0 Å². The van der Waals surface area contributed by atoms with Gasteiger partial charge in [-0.2, -0.15) is 0 Å². The zero-order valence-corrected chi connectivity index (χ0v) is 12.3. The SMILES string of the molecule is CC(C)(C)C[B]c1ccc(CC(C)(C)C)cc1. The molecule has 0 nitrogen and oxygen atoms in total. The topological polar surface area (TPSA) is 0 Å². The minimum atomic E-state index is 0.372. The molecule has 0 aliphatic heterocycles. The molecule has 0 spiro atoms. The number of benzene rings is 1. The molecule has 0 aromatic heterocycles. The van der Waals surface area contributed by atoms with E-state index in [-0.39, 0.29) is 0 Å². The molecule has 0 N–H and O–H groups in total. The molecule has 17 heavy (non-hydrogen) atoms. The standard InChI is InChI=1S/C16H26B/c1-15(2,3)11-13-7-9-14(10-8-13)17-12-16(4,5)6/h7-10H,11-12H2,1-6H3. The molecule has 1 aromatic carbocycles. The quantitative estimate of drug-likeness (QED) is 0.685. The molecule has 0 heterocycles. The predicted molar refractivity (Wildman–Crippen MR) is 79.3 cm³/mol. The van der Waals surface area contributed by atoms with Crippen LogP contribution in [0.3, 0.4) is 0 Å². The minimum Gasteiger partial charge on any atom is -0.0878 e. The van der Waals surface area contributed by atoms with E-state index in [0.717, 1.165) is 12.7 Å². The highest BCUT2D eigenvalue weighted by Crippen LogP contribution is 2.20. The lowest BCUT2D eigenvalue weighted by Gasteiger charge is -2.19. The van der Waals surface area contributed by atoms with Crippen LogP contribution in [-0.2, 0) is 6.42 Å². The average Bonchev–Trinajstić information content (AvgIpc) is 2.13. The molecule has 0 unspecified atom stereocenters. The van der Waals surface area contributed by atoms with Crippen LogP contribution in [0.1, 0.15) is 47.1 Å². The average molecular weight is 229 g/mol.